The average molecular weight is 189 g/mol. The number of aromatic amines is 1. The zero-order valence-corrected chi connectivity index (χ0v) is 7.85. The Labute approximate surface area is 79.8 Å². The molecule has 0 unspecified atom stereocenters. The van der Waals surface area contributed by atoms with Crippen molar-refractivity contribution in [3.8, 4) is 6.07 Å². The fourth-order valence-electron chi connectivity index (χ4n) is 1.24. The van der Waals surface area contributed by atoms with Gasteiger partial charge in [-0.2, -0.15) is 5.26 Å². The predicted molar refractivity (Wildman–Crippen MR) is 52.6 cm³/mol. The molecule has 0 aliphatic rings. The first kappa shape index (κ1) is 8.14. The monoisotopic (exact) mass is 189 g/mol. The van der Waals surface area contributed by atoms with Gasteiger partial charge in [0.1, 0.15) is 5.52 Å². The van der Waals surface area contributed by atoms with E-state index in [0.717, 1.165) is 15.9 Å². The lowest BCUT2D eigenvalue weighted by Gasteiger charge is -1.97. The molecule has 1 N–H and O–H groups in total. The van der Waals surface area contributed by atoms with E-state index in [1.165, 1.54) is 0 Å². The molecule has 13 heavy (non-hydrogen) atoms. The number of nitrogens with zero attached hydrogens (tertiary/aromatic N) is 2. The molecule has 0 aliphatic carbocycles. The van der Waals surface area contributed by atoms with Crippen LogP contribution >= 0.6 is 11.8 Å². The van der Waals surface area contributed by atoms with Gasteiger partial charge in [-0.3, -0.25) is 0 Å². The number of H-pyrrole nitrogens is 1. The standard InChI is InChI=1S/C9H7N3S/c1-13-8-3-6(4-10)2-7-9(8)12-5-11-7/h2-3,5H,1H3,(H,11,12). The Hall–Kier alpha value is -1.47. The second-order valence-electron chi connectivity index (χ2n) is 2.59. The van der Waals surface area contributed by atoms with Crippen LogP contribution in [0.5, 0.6) is 0 Å². The molecule has 0 radical (unpaired) electrons. The highest BCUT2D eigenvalue weighted by molar-refractivity contribution is 7.98. The molecule has 0 fully saturated rings. The lowest BCUT2D eigenvalue weighted by molar-refractivity contribution is 1.33. The lowest BCUT2D eigenvalue weighted by Crippen LogP contribution is -1.79. The summed E-state index contributed by atoms with van der Waals surface area (Å²) in [6, 6.07) is 5.79. The fraction of sp³-hybridized carbons (Fsp3) is 0.111. The van der Waals surface area contributed by atoms with Gasteiger partial charge in [0.2, 0.25) is 0 Å². The summed E-state index contributed by atoms with van der Waals surface area (Å²) in [4.78, 5) is 8.21. The number of hydrogen-bond acceptors (Lipinski definition) is 3. The molecule has 2 aromatic rings. The molecule has 0 amide bonds. The molecular formula is C9H7N3S. The summed E-state index contributed by atoms with van der Waals surface area (Å²) in [6.45, 7) is 0. The molecule has 1 aromatic heterocycles. The molecule has 0 saturated heterocycles. The van der Waals surface area contributed by atoms with Crippen LogP contribution in [0.2, 0.25) is 0 Å². The number of nitriles is 1. The van der Waals surface area contributed by atoms with Crippen molar-refractivity contribution in [2.24, 2.45) is 0 Å². The van der Waals surface area contributed by atoms with E-state index >= 15 is 0 Å². The molecule has 3 nitrogen and oxygen atoms in total. The van der Waals surface area contributed by atoms with Crippen LogP contribution in [0, 0.1) is 11.3 Å². The van der Waals surface area contributed by atoms with Gasteiger partial charge in [0.25, 0.3) is 0 Å². The van der Waals surface area contributed by atoms with Crippen molar-refractivity contribution in [3.63, 3.8) is 0 Å². The second-order valence-corrected chi connectivity index (χ2v) is 3.44. The summed E-state index contributed by atoms with van der Waals surface area (Å²) in [5.41, 5.74) is 2.52. The van der Waals surface area contributed by atoms with E-state index in [9.17, 15) is 0 Å². The van der Waals surface area contributed by atoms with Crippen molar-refractivity contribution in [3.05, 3.63) is 24.0 Å². The summed E-state index contributed by atoms with van der Waals surface area (Å²) < 4.78 is 0. The van der Waals surface area contributed by atoms with Gasteiger partial charge >= 0.3 is 0 Å². The largest absolute Gasteiger partial charge is 0.345 e. The second kappa shape index (κ2) is 3.11. The van der Waals surface area contributed by atoms with E-state index in [-0.39, 0.29) is 0 Å². The van der Waals surface area contributed by atoms with Gasteiger partial charge in [0.05, 0.1) is 23.5 Å². The van der Waals surface area contributed by atoms with Crippen molar-refractivity contribution < 1.29 is 0 Å². The highest BCUT2D eigenvalue weighted by atomic mass is 32.2. The summed E-state index contributed by atoms with van der Waals surface area (Å²) in [6.07, 6.45) is 3.62. The molecule has 0 aliphatic heterocycles. The van der Waals surface area contributed by atoms with E-state index in [0.29, 0.717) is 5.56 Å². The van der Waals surface area contributed by atoms with Crippen LogP contribution in [0.25, 0.3) is 11.0 Å². The van der Waals surface area contributed by atoms with E-state index in [2.05, 4.69) is 16.0 Å². The third kappa shape index (κ3) is 1.27. The summed E-state index contributed by atoms with van der Waals surface area (Å²) in [5, 5.41) is 8.76. The maximum Gasteiger partial charge on any atom is 0.102 e. The predicted octanol–water partition coefficient (Wildman–Crippen LogP) is 2.16. The van der Waals surface area contributed by atoms with Gasteiger partial charge < -0.3 is 4.98 Å². The number of imidazole rings is 1. The topological polar surface area (TPSA) is 52.5 Å². The highest BCUT2D eigenvalue weighted by Gasteiger charge is 2.04. The number of thioether (sulfide) groups is 1. The Bertz CT molecular complexity index is 481. The molecule has 4 heteroatoms. The number of hydrogen-bond donors (Lipinski definition) is 1. The Kier molecular flexibility index (Phi) is 1.95. The molecule has 0 saturated carbocycles. The van der Waals surface area contributed by atoms with Gasteiger partial charge in [0.15, 0.2) is 0 Å². The van der Waals surface area contributed by atoms with Crippen molar-refractivity contribution >= 4 is 22.8 Å². The molecule has 0 spiro atoms. The van der Waals surface area contributed by atoms with Crippen molar-refractivity contribution in [2.45, 2.75) is 4.90 Å². The molecule has 1 heterocycles. The third-order valence-corrected chi connectivity index (χ3v) is 2.59. The van der Waals surface area contributed by atoms with Crippen LogP contribution < -0.4 is 0 Å². The van der Waals surface area contributed by atoms with Crippen LogP contribution in [0.4, 0.5) is 0 Å². The van der Waals surface area contributed by atoms with Gasteiger partial charge in [0, 0.05) is 4.90 Å². The first-order chi connectivity index (χ1) is 6.35. The van der Waals surface area contributed by atoms with Crippen LogP contribution in [0.15, 0.2) is 23.4 Å². The number of aromatic nitrogens is 2. The highest BCUT2D eigenvalue weighted by Crippen LogP contribution is 2.25. The Balaban J connectivity index is 2.79. The van der Waals surface area contributed by atoms with Crippen molar-refractivity contribution in [2.75, 3.05) is 6.26 Å². The van der Waals surface area contributed by atoms with E-state index in [1.807, 2.05) is 18.4 Å². The zero-order valence-electron chi connectivity index (χ0n) is 7.03. The zero-order chi connectivity index (χ0) is 9.26. The van der Waals surface area contributed by atoms with Crippen molar-refractivity contribution in [1.29, 1.82) is 5.26 Å². The average Bonchev–Trinajstić information content (AvgIpc) is 2.63. The van der Waals surface area contributed by atoms with E-state index in [1.54, 1.807) is 18.1 Å². The minimum absolute atomic E-state index is 0.668. The summed E-state index contributed by atoms with van der Waals surface area (Å²) >= 11 is 1.60. The van der Waals surface area contributed by atoms with Gasteiger partial charge in [-0.25, -0.2) is 4.98 Å². The minimum Gasteiger partial charge on any atom is -0.345 e. The lowest BCUT2D eigenvalue weighted by atomic mass is 10.2. The van der Waals surface area contributed by atoms with Crippen LogP contribution in [0.1, 0.15) is 5.56 Å². The van der Waals surface area contributed by atoms with Crippen LogP contribution in [-0.4, -0.2) is 16.2 Å². The van der Waals surface area contributed by atoms with Gasteiger partial charge in [-0.15, -0.1) is 11.8 Å². The molecule has 64 valence electrons. The van der Waals surface area contributed by atoms with Crippen molar-refractivity contribution in [1.82, 2.24) is 9.97 Å². The smallest absolute Gasteiger partial charge is 0.102 e. The quantitative estimate of drug-likeness (QED) is 0.699. The van der Waals surface area contributed by atoms with E-state index < -0.39 is 0 Å². The first-order valence-corrected chi connectivity index (χ1v) is 4.99. The molecular weight excluding hydrogens is 182 g/mol. The first-order valence-electron chi connectivity index (χ1n) is 3.76. The number of fused-ring (bicyclic) bond motifs is 1. The van der Waals surface area contributed by atoms with Crippen LogP contribution in [-0.2, 0) is 0 Å². The number of rotatable bonds is 1. The summed E-state index contributed by atoms with van der Waals surface area (Å²) in [5.74, 6) is 0. The Morgan fingerprint density at radius 2 is 2.38 bits per heavy atom. The van der Waals surface area contributed by atoms with Crippen LogP contribution in [0.3, 0.4) is 0 Å². The van der Waals surface area contributed by atoms with Gasteiger partial charge in [-0.1, -0.05) is 0 Å². The van der Waals surface area contributed by atoms with E-state index in [4.69, 9.17) is 5.26 Å². The maximum atomic E-state index is 8.76. The minimum atomic E-state index is 0.668. The van der Waals surface area contributed by atoms with Gasteiger partial charge in [-0.05, 0) is 18.4 Å². The molecule has 0 atom stereocenters. The Morgan fingerprint density at radius 1 is 1.54 bits per heavy atom. The molecule has 1 aromatic carbocycles. The molecule has 0 bridgehead atoms. The summed E-state index contributed by atoms with van der Waals surface area (Å²) in [7, 11) is 0. The number of benzene rings is 1. The number of nitrogens with one attached hydrogen (secondary N) is 1. The SMILES string of the molecule is CSc1cc(C#N)cc2[nH]cnc12. The maximum absolute atomic E-state index is 8.76. The Morgan fingerprint density at radius 3 is 3.08 bits per heavy atom. The fourth-order valence-corrected chi connectivity index (χ4v) is 1.84. The normalized spacial score (nSPS) is 10.2. The molecule has 2 rings (SSSR count). The third-order valence-electron chi connectivity index (χ3n) is 1.84.